The molecule has 3 nitrogen and oxygen atoms in total. The lowest BCUT2D eigenvalue weighted by atomic mass is 10.0. The van der Waals surface area contributed by atoms with Gasteiger partial charge in [0.2, 0.25) is 5.91 Å². The third kappa shape index (κ3) is 2.66. The molecule has 108 valence electrons. The number of aromatic nitrogens is 1. The standard InChI is InChI=1S/C16H22N2OS/c1-2-11-18(15(19)12-7-3-4-8-12)16-17-13-9-5-6-10-14(13)20-16/h2,12H,1,3-11H2. The average molecular weight is 290 g/mol. The van der Waals surface area contributed by atoms with Crippen LogP contribution in [0.5, 0.6) is 0 Å². The highest BCUT2D eigenvalue weighted by molar-refractivity contribution is 7.16. The van der Waals surface area contributed by atoms with Gasteiger partial charge in [0.05, 0.1) is 5.69 Å². The summed E-state index contributed by atoms with van der Waals surface area (Å²) in [7, 11) is 0. The Labute approximate surface area is 124 Å². The molecule has 0 radical (unpaired) electrons. The van der Waals surface area contributed by atoms with Crippen molar-refractivity contribution in [1.29, 1.82) is 0 Å². The number of amides is 1. The average Bonchev–Trinajstić information content (AvgIpc) is 3.12. The molecule has 0 bridgehead atoms. The van der Waals surface area contributed by atoms with E-state index in [4.69, 9.17) is 4.98 Å². The van der Waals surface area contributed by atoms with Crippen molar-refractivity contribution < 1.29 is 4.79 Å². The van der Waals surface area contributed by atoms with Gasteiger partial charge < -0.3 is 0 Å². The maximum absolute atomic E-state index is 12.7. The van der Waals surface area contributed by atoms with Crippen molar-refractivity contribution in [3.8, 4) is 0 Å². The summed E-state index contributed by atoms with van der Waals surface area (Å²) < 4.78 is 0. The van der Waals surface area contributed by atoms with E-state index in [1.807, 2.05) is 11.0 Å². The van der Waals surface area contributed by atoms with E-state index < -0.39 is 0 Å². The number of nitrogens with zero attached hydrogens (tertiary/aromatic N) is 2. The van der Waals surface area contributed by atoms with Crippen molar-refractivity contribution in [3.05, 3.63) is 23.2 Å². The smallest absolute Gasteiger partial charge is 0.232 e. The number of hydrogen-bond acceptors (Lipinski definition) is 3. The van der Waals surface area contributed by atoms with E-state index in [2.05, 4.69) is 6.58 Å². The molecule has 2 aliphatic carbocycles. The summed E-state index contributed by atoms with van der Waals surface area (Å²) in [5, 5.41) is 0.897. The zero-order chi connectivity index (χ0) is 13.9. The topological polar surface area (TPSA) is 33.2 Å². The third-order valence-electron chi connectivity index (χ3n) is 4.35. The molecule has 1 amide bonds. The Balaban J connectivity index is 1.83. The fourth-order valence-corrected chi connectivity index (χ4v) is 4.40. The minimum atomic E-state index is 0.205. The van der Waals surface area contributed by atoms with Crippen LogP contribution in [0, 0.1) is 5.92 Å². The second kappa shape index (κ2) is 6.08. The molecule has 0 N–H and O–H groups in total. The first-order valence-corrected chi connectivity index (χ1v) is 8.52. The van der Waals surface area contributed by atoms with Crippen molar-refractivity contribution in [2.45, 2.75) is 51.4 Å². The number of carbonyl (C=O) groups is 1. The van der Waals surface area contributed by atoms with Gasteiger partial charge in [0.1, 0.15) is 0 Å². The van der Waals surface area contributed by atoms with Gasteiger partial charge in [0, 0.05) is 17.3 Å². The fourth-order valence-electron chi connectivity index (χ4n) is 3.24. The summed E-state index contributed by atoms with van der Waals surface area (Å²) in [6.07, 6.45) is 11.0. The van der Waals surface area contributed by atoms with Crippen molar-refractivity contribution in [2.24, 2.45) is 5.92 Å². The Morgan fingerprint density at radius 3 is 2.75 bits per heavy atom. The molecule has 1 saturated carbocycles. The normalized spacial score (nSPS) is 18.8. The molecule has 1 heterocycles. The molecule has 0 aliphatic heterocycles. The van der Waals surface area contributed by atoms with Crippen LogP contribution in [0.3, 0.4) is 0 Å². The van der Waals surface area contributed by atoms with Crippen LogP contribution in [0.1, 0.15) is 49.1 Å². The molecule has 1 aromatic rings. The molecule has 2 aliphatic rings. The number of anilines is 1. The van der Waals surface area contributed by atoms with Gasteiger partial charge in [-0.05, 0) is 38.5 Å². The minimum Gasteiger partial charge on any atom is -0.284 e. The van der Waals surface area contributed by atoms with Gasteiger partial charge in [0.25, 0.3) is 0 Å². The van der Waals surface area contributed by atoms with Crippen molar-refractivity contribution >= 4 is 22.4 Å². The van der Waals surface area contributed by atoms with E-state index in [9.17, 15) is 4.79 Å². The largest absolute Gasteiger partial charge is 0.284 e. The zero-order valence-corrected chi connectivity index (χ0v) is 12.8. The van der Waals surface area contributed by atoms with Gasteiger partial charge in [-0.15, -0.1) is 17.9 Å². The Kier molecular flexibility index (Phi) is 4.20. The molecular formula is C16H22N2OS. The summed E-state index contributed by atoms with van der Waals surface area (Å²) in [4.78, 5) is 20.7. The molecule has 1 aromatic heterocycles. The van der Waals surface area contributed by atoms with E-state index in [1.165, 1.54) is 36.3 Å². The van der Waals surface area contributed by atoms with Crippen LogP contribution in [0.2, 0.25) is 0 Å². The van der Waals surface area contributed by atoms with E-state index in [-0.39, 0.29) is 11.8 Å². The zero-order valence-electron chi connectivity index (χ0n) is 11.9. The molecule has 3 rings (SSSR count). The van der Waals surface area contributed by atoms with Crippen molar-refractivity contribution in [3.63, 3.8) is 0 Å². The summed E-state index contributed by atoms with van der Waals surface area (Å²) in [6, 6.07) is 0. The van der Waals surface area contributed by atoms with Gasteiger partial charge in [-0.1, -0.05) is 18.9 Å². The first-order valence-electron chi connectivity index (χ1n) is 7.70. The maximum atomic E-state index is 12.7. The summed E-state index contributed by atoms with van der Waals surface area (Å²) in [5.74, 6) is 0.462. The number of hydrogen-bond donors (Lipinski definition) is 0. The Morgan fingerprint density at radius 2 is 2.05 bits per heavy atom. The van der Waals surface area contributed by atoms with E-state index in [1.54, 1.807) is 11.3 Å². The lowest BCUT2D eigenvalue weighted by Crippen LogP contribution is -2.35. The second-order valence-corrected chi connectivity index (χ2v) is 6.85. The monoisotopic (exact) mass is 290 g/mol. The van der Waals surface area contributed by atoms with Crippen LogP contribution in [0.15, 0.2) is 12.7 Å². The SMILES string of the molecule is C=CCN(C(=O)C1CCCC1)c1nc2c(s1)CCCC2. The highest BCUT2D eigenvalue weighted by Crippen LogP contribution is 2.34. The lowest BCUT2D eigenvalue weighted by molar-refractivity contribution is -0.122. The quantitative estimate of drug-likeness (QED) is 0.792. The number of carbonyl (C=O) groups excluding carboxylic acids is 1. The Hall–Kier alpha value is -1.16. The predicted octanol–water partition coefficient (Wildman–Crippen LogP) is 3.73. The molecule has 0 unspecified atom stereocenters. The molecular weight excluding hydrogens is 268 g/mol. The van der Waals surface area contributed by atoms with E-state index in [0.717, 1.165) is 30.8 Å². The second-order valence-electron chi connectivity index (χ2n) is 5.79. The van der Waals surface area contributed by atoms with Crippen LogP contribution in [0.4, 0.5) is 5.13 Å². The minimum absolute atomic E-state index is 0.205. The van der Waals surface area contributed by atoms with Gasteiger partial charge in [0.15, 0.2) is 5.13 Å². The van der Waals surface area contributed by atoms with Gasteiger partial charge >= 0.3 is 0 Å². The molecule has 0 aromatic carbocycles. The van der Waals surface area contributed by atoms with Gasteiger partial charge in [-0.25, -0.2) is 4.98 Å². The highest BCUT2D eigenvalue weighted by Gasteiger charge is 2.29. The van der Waals surface area contributed by atoms with Crippen LogP contribution in [-0.2, 0) is 17.6 Å². The molecule has 0 atom stereocenters. The highest BCUT2D eigenvalue weighted by atomic mass is 32.1. The van der Waals surface area contributed by atoms with E-state index >= 15 is 0 Å². The number of aryl methyl sites for hydroxylation is 2. The van der Waals surface area contributed by atoms with Gasteiger partial charge in [-0.3, -0.25) is 9.69 Å². The number of fused-ring (bicyclic) bond motifs is 1. The first-order chi connectivity index (χ1) is 9.79. The van der Waals surface area contributed by atoms with Crippen molar-refractivity contribution in [1.82, 2.24) is 4.98 Å². The molecule has 1 fully saturated rings. The molecule has 0 spiro atoms. The molecule has 20 heavy (non-hydrogen) atoms. The summed E-state index contributed by atoms with van der Waals surface area (Å²) in [5.41, 5.74) is 1.23. The summed E-state index contributed by atoms with van der Waals surface area (Å²) >= 11 is 1.72. The first kappa shape index (κ1) is 13.8. The lowest BCUT2D eigenvalue weighted by Gasteiger charge is -2.21. The number of thiazole rings is 1. The summed E-state index contributed by atoms with van der Waals surface area (Å²) in [6.45, 7) is 4.38. The Bertz CT molecular complexity index is 479. The van der Waals surface area contributed by atoms with Crippen LogP contribution >= 0.6 is 11.3 Å². The number of rotatable bonds is 4. The Morgan fingerprint density at radius 1 is 1.30 bits per heavy atom. The van der Waals surface area contributed by atoms with Gasteiger partial charge in [-0.2, -0.15) is 0 Å². The van der Waals surface area contributed by atoms with Crippen LogP contribution < -0.4 is 4.90 Å². The third-order valence-corrected chi connectivity index (χ3v) is 5.53. The maximum Gasteiger partial charge on any atom is 0.232 e. The molecule has 4 heteroatoms. The molecule has 0 saturated heterocycles. The van der Waals surface area contributed by atoms with Crippen molar-refractivity contribution in [2.75, 3.05) is 11.4 Å². The van der Waals surface area contributed by atoms with E-state index in [0.29, 0.717) is 6.54 Å². The van der Waals surface area contributed by atoms with Crippen LogP contribution in [0.25, 0.3) is 0 Å². The predicted molar refractivity (Wildman–Crippen MR) is 83.3 cm³/mol. The fraction of sp³-hybridized carbons (Fsp3) is 0.625. The van der Waals surface area contributed by atoms with Crippen LogP contribution in [-0.4, -0.2) is 17.4 Å².